The van der Waals surface area contributed by atoms with Gasteiger partial charge in [-0.25, -0.2) is 8.42 Å². The third kappa shape index (κ3) is 12.3. The Bertz CT molecular complexity index is 1740. The van der Waals surface area contributed by atoms with Crippen molar-refractivity contribution in [3.63, 3.8) is 0 Å². The van der Waals surface area contributed by atoms with E-state index in [1.165, 1.54) is 12.1 Å². The van der Waals surface area contributed by atoms with Crippen LogP contribution in [0, 0.1) is 6.92 Å². The van der Waals surface area contributed by atoms with E-state index < -0.39 is 10.1 Å². The number of nitrogens with zero attached hydrogens (tertiary/aromatic N) is 2. The van der Waals surface area contributed by atoms with Crippen LogP contribution in [0.2, 0.25) is 0 Å². The van der Waals surface area contributed by atoms with Gasteiger partial charge >= 0.3 is 16.8 Å². The second-order valence-electron chi connectivity index (χ2n) is 18.1. The second kappa shape index (κ2) is 17.0. The summed E-state index contributed by atoms with van der Waals surface area (Å²) in [5, 5.41) is 26.9. The molecule has 0 N–H and O–H groups in total. The fourth-order valence-corrected chi connectivity index (χ4v) is 6.44. The first-order valence-electron chi connectivity index (χ1n) is 18.0. The molecule has 1 fully saturated rings. The van der Waals surface area contributed by atoms with Gasteiger partial charge in [0, 0.05) is 12.4 Å². The van der Waals surface area contributed by atoms with Crippen LogP contribution in [0.4, 0.5) is 0 Å². The van der Waals surface area contributed by atoms with Gasteiger partial charge in [-0.05, 0) is 86.9 Å². The van der Waals surface area contributed by atoms with Gasteiger partial charge in [0.25, 0.3) is 0 Å². The van der Waals surface area contributed by atoms with E-state index >= 15 is 0 Å². The maximum atomic E-state index is 13.5. The van der Waals surface area contributed by atoms with Gasteiger partial charge in [-0.1, -0.05) is 149 Å². The first kappa shape index (κ1) is 45.2. The Morgan fingerprint density at radius 1 is 0.615 bits per heavy atom. The van der Waals surface area contributed by atoms with Gasteiger partial charge in [-0.2, -0.15) is 0 Å². The molecule has 0 bridgehead atoms. The van der Waals surface area contributed by atoms with E-state index in [9.17, 15) is 23.2 Å². The largest absolute Gasteiger partial charge is 3.00 e. The van der Waals surface area contributed by atoms with Crippen molar-refractivity contribution in [2.45, 2.75) is 154 Å². The molecule has 0 amide bonds. The van der Waals surface area contributed by atoms with E-state index in [1.54, 1.807) is 24.6 Å². The third-order valence-corrected chi connectivity index (χ3v) is 10.2. The van der Waals surface area contributed by atoms with Gasteiger partial charge in [-0.15, -0.1) is 0 Å². The summed E-state index contributed by atoms with van der Waals surface area (Å²) in [5.41, 5.74) is 5.55. The summed E-state index contributed by atoms with van der Waals surface area (Å²) in [6, 6.07) is 13.9. The van der Waals surface area contributed by atoms with Crippen LogP contribution in [0.1, 0.15) is 148 Å². The van der Waals surface area contributed by atoms with E-state index in [1.807, 2.05) is 19.1 Å². The number of hydrogen-bond donors (Lipinski definition) is 0. The predicted octanol–water partition coefficient (Wildman–Crippen LogP) is 8.77. The predicted molar refractivity (Wildman–Crippen MR) is 207 cm³/mol. The van der Waals surface area contributed by atoms with Crippen molar-refractivity contribution in [3.8, 4) is 11.5 Å². The van der Waals surface area contributed by atoms with Gasteiger partial charge in [0.1, 0.15) is 10.1 Å². The van der Waals surface area contributed by atoms with Crippen LogP contribution in [-0.2, 0) is 48.6 Å². The molecule has 0 heterocycles. The van der Waals surface area contributed by atoms with E-state index in [4.69, 9.17) is 9.98 Å². The Hall–Kier alpha value is -2.98. The molecule has 0 saturated heterocycles. The van der Waals surface area contributed by atoms with Crippen molar-refractivity contribution in [2.24, 2.45) is 9.98 Å². The minimum atomic E-state index is -4.27. The van der Waals surface area contributed by atoms with Crippen LogP contribution in [0.25, 0.3) is 0 Å². The summed E-state index contributed by atoms with van der Waals surface area (Å²) >= 11 is 0. The monoisotopic (exact) mass is 774 g/mol. The maximum absolute atomic E-state index is 13.5. The first-order chi connectivity index (χ1) is 23.2. The Balaban J connectivity index is 0.000000666. The summed E-state index contributed by atoms with van der Waals surface area (Å²) < 4.78 is 31.2. The van der Waals surface area contributed by atoms with Crippen LogP contribution in [-0.4, -0.2) is 37.5 Å². The SMILES string of the molecule is CC(C)(C)c1cc(C=N[C@H]2CCCC[C@@H]2N=Cc2cc(C(C)(C)C)cc(C(C)(C)C)c2[O-])c([O-])c(C(C)(C)C)c1.Cc1ccc(S(=O)(=O)[O-])cc1.[Co+3]. The molecule has 3 aromatic carbocycles. The van der Waals surface area contributed by atoms with E-state index in [-0.39, 0.29) is 66.9 Å². The molecule has 0 unspecified atom stereocenters. The number of hydrogen-bond acceptors (Lipinski definition) is 7. The molecule has 286 valence electrons. The van der Waals surface area contributed by atoms with Crippen molar-refractivity contribution in [2.75, 3.05) is 0 Å². The van der Waals surface area contributed by atoms with Crippen molar-refractivity contribution in [3.05, 3.63) is 87.5 Å². The summed E-state index contributed by atoms with van der Waals surface area (Å²) in [4.78, 5) is 9.77. The van der Waals surface area contributed by atoms with Crippen LogP contribution in [0.5, 0.6) is 11.5 Å². The Morgan fingerprint density at radius 3 is 1.25 bits per heavy atom. The molecule has 3 aromatic rings. The summed E-state index contributed by atoms with van der Waals surface area (Å²) in [7, 11) is -4.27. The smallest absolute Gasteiger partial charge is 0.872 e. The summed E-state index contributed by atoms with van der Waals surface area (Å²) in [6.07, 6.45) is 7.63. The normalized spacial score (nSPS) is 17.5. The molecule has 1 saturated carbocycles. The van der Waals surface area contributed by atoms with Crippen molar-refractivity contribution >= 4 is 22.5 Å². The molecular formula is C43H59CoN2O5S. The van der Waals surface area contributed by atoms with Crippen molar-refractivity contribution in [1.82, 2.24) is 0 Å². The van der Waals surface area contributed by atoms with Gasteiger partial charge in [0.2, 0.25) is 0 Å². The topological polar surface area (TPSA) is 128 Å². The molecule has 0 aromatic heterocycles. The summed E-state index contributed by atoms with van der Waals surface area (Å²) in [6.45, 7) is 27.4. The molecule has 0 spiro atoms. The molecule has 4 rings (SSSR count). The Morgan fingerprint density at radius 2 is 0.962 bits per heavy atom. The van der Waals surface area contributed by atoms with Crippen molar-refractivity contribution in [1.29, 1.82) is 0 Å². The second-order valence-corrected chi connectivity index (χ2v) is 19.5. The van der Waals surface area contributed by atoms with Gasteiger partial charge in [0.15, 0.2) is 0 Å². The zero-order valence-electron chi connectivity index (χ0n) is 33.4. The minimum Gasteiger partial charge on any atom is -0.872 e. The van der Waals surface area contributed by atoms with E-state index in [0.29, 0.717) is 11.1 Å². The standard InChI is InChI=1S/C36H54N2O2.C7H8O3S.Co/c1-33(2,3)25-17-23(31(39)27(19-25)35(7,8)9)21-37-29-15-13-14-16-30(29)38-22-24-18-26(34(4,5)6)20-28(32(24)40)36(10,11)12;1-6-2-4-7(5-3-6)11(8,9)10;/h17-22,29-30,39-40H,13-16H2,1-12H3;2-5H,1H3,(H,8,9,10);/q;;+3/p-3/t29-,30-;;/m0../s1. The average Bonchev–Trinajstić information content (AvgIpc) is 2.98. The molecule has 7 nitrogen and oxygen atoms in total. The maximum Gasteiger partial charge on any atom is 3.00 e. The Kier molecular flexibility index (Phi) is 14.8. The fraction of sp³-hybridized carbons (Fsp3) is 0.535. The molecular weight excluding hydrogens is 715 g/mol. The molecule has 0 radical (unpaired) electrons. The molecule has 0 aliphatic heterocycles. The number of aryl methyl sites for hydroxylation is 1. The van der Waals surface area contributed by atoms with Crippen LogP contribution in [0.15, 0.2) is 63.4 Å². The number of benzene rings is 3. The van der Waals surface area contributed by atoms with E-state index in [0.717, 1.165) is 53.5 Å². The van der Waals surface area contributed by atoms with Crippen LogP contribution >= 0.6 is 0 Å². The van der Waals surface area contributed by atoms with Crippen LogP contribution < -0.4 is 10.2 Å². The van der Waals surface area contributed by atoms with E-state index in [2.05, 4.69) is 95.2 Å². The molecule has 1 aliphatic carbocycles. The van der Waals surface area contributed by atoms with Gasteiger partial charge in [-0.3, -0.25) is 9.98 Å². The summed E-state index contributed by atoms with van der Waals surface area (Å²) in [5.74, 6) is 0.120. The van der Waals surface area contributed by atoms with Gasteiger partial charge in [0.05, 0.1) is 17.0 Å². The quantitative estimate of drug-likeness (QED) is 0.189. The van der Waals surface area contributed by atoms with Crippen LogP contribution in [0.3, 0.4) is 0 Å². The average molecular weight is 775 g/mol. The molecule has 2 atom stereocenters. The first-order valence-corrected chi connectivity index (χ1v) is 19.4. The third-order valence-electron chi connectivity index (χ3n) is 9.40. The minimum absolute atomic E-state index is 0. The molecule has 1 aliphatic rings. The number of aliphatic imine (C=N–C) groups is 2. The Labute approximate surface area is 324 Å². The molecule has 52 heavy (non-hydrogen) atoms. The zero-order valence-corrected chi connectivity index (χ0v) is 35.3. The fourth-order valence-electron chi connectivity index (χ4n) is 5.97. The zero-order chi connectivity index (χ0) is 38.7. The van der Waals surface area contributed by atoms with Gasteiger partial charge < -0.3 is 14.8 Å². The van der Waals surface area contributed by atoms with Crippen molar-refractivity contribution < 1.29 is 40.0 Å². The number of rotatable bonds is 5. The molecule has 9 heteroatoms.